The van der Waals surface area contributed by atoms with Gasteiger partial charge in [-0.15, -0.1) is 5.10 Å². The molecule has 140 valence electrons. The molecule has 0 aliphatic carbocycles. The number of halogens is 1. The number of benzene rings is 2. The monoisotopic (exact) mass is 365 g/mol. The number of nitrogens with one attached hydrogen (secondary N) is 1. The Kier molecular flexibility index (Phi) is 5.16. The summed E-state index contributed by atoms with van der Waals surface area (Å²) in [6, 6.07) is 15.3. The van der Waals surface area contributed by atoms with E-state index in [1.165, 1.54) is 6.07 Å². The highest BCUT2D eigenvalue weighted by Gasteiger charge is 2.22. The predicted molar refractivity (Wildman–Crippen MR) is 105 cm³/mol. The number of nitrogens with zero attached hydrogens (tertiary/aromatic N) is 4. The molecule has 1 aromatic heterocycles. The summed E-state index contributed by atoms with van der Waals surface area (Å²) >= 11 is 0. The molecule has 0 atom stereocenters. The second-order valence-corrected chi connectivity index (χ2v) is 7.06. The third-order valence-corrected chi connectivity index (χ3v) is 5.21. The van der Waals surface area contributed by atoms with Crippen molar-refractivity contribution in [2.75, 3.05) is 25.5 Å². The number of piperidine rings is 1. The fourth-order valence-electron chi connectivity index (χ4n) is 3.72. The minimum atomic E-state index is -0.170. The smallest absolute Gasteiger partial charge is 0.125 e. The Morgan fingerprint density at radius 2 is 1.89 bits per heavy atom. The number of para-hydroxylation sites is 1. The number of likely N-dealkylation sites (tertiary alicyclic amines) is 1. The molecule has 1 aliphatic heterocycles. The quantitative estimate of drug-likeness (QED) is 0.746. The van der Waals surface area contributed by atoms with E-state index in [1.807, 2.05) is 48.3 Å². The SMILES string of the molecule is CNc1cc(F)cc(C2CCN(Cc3cn(-c4ccccc4)nn3)CC2)c1. The van der Waals surface area contributed by atoms with Crippen LogP contribution in [0.5, 0.6) is 0 Å². The van der Waals surface area contributed by atoms with E-state index in [9.17, 15) is 4.39 Å². The van der Waals surface area contributed by atoms with Gasteiger partial charge in [0.15, 0.2) is 0 Å². The van der Waals surface area contributed by atoms with E-state index < -0.39 is 0 Å². The molecular formula is C21H24FN5. The van der Waals surface area contributed by atoms with Gasteiger partial charge < -0.3 is 5.32 Å². The number of hydrogen-bond donors (Lipinski definition) is 1. The van der Waals surface area contributed by atoms with Crippen LogP contribution in [0, 0.1) is 5.82 Å². The van der Waals surface area contributed by atoms with Crippen LogP contribution >= 0.6 is 0 Å². The Labute approximate surface area is 158 Å². The Bertz CT molecular complexity index is 885. The largest absolute Gasteiger partial charge is 0.388 e. The lowest BCUT2D eigenvalue weighted by molar-refractivity contribution is 0.202. The van der Waals surface area contributed by atoms with Gasteiger partial charge in [-0.2, -0.15) is 0 Å². The van der Waals surface area contributed by atoms with Gasteiger partial charge in [0.25, 0.3) is 0 Å². The lowest BCUT2D eigenvalue weighted by Crippen LogP contribution is -2.32. The molecule has 0 amide bonds. The van der Waals surface area contributed by atoms with Crippen LogP contribution in [0.25, 0.3) is 5.69 Å². The van der Waals surface area contributed by atoms with Gasteiger partial charge in [0, 0.05) is 19.3 Å². The standard InChI is InChI=1S/C21H24FN5/c1-23-19-12-17(11-18(22)13-19)16-7-9-26(10-8-16)14-20-15-27(25-24-20)21-5-3-2-4-6-21/h2-6,11-13,15-16,23H,7-10,14H2,1H3. The van der Waals surface area contributed by atoms with Gasteiger partial charge in [0.1, 0.15) is 5.82 Å². The molecule has 1 saturated heterocycles. The van der Waals surface area contributed by atoms with Crippen molar-refractivity contribution in [3.63, 3.8) is 0 Å². The fourth-order valence-corrected chi connectivity index (χ4v) is 3.72. The zero-order valence-corrected chi connectivity index (χ0v) is 15.5. The minimum absolute atomic E-state index is 0.170. The van der Waals surface area contributed by atoms with E-state index in [2.05, 4.69) is 26.6 Å². The van der Waals surface area contributed by atoms with Gasteiger partial charge in [-0.25, -0.2) is 9.07 Å². The van der Waals surface area contributed by atoms with Crippen molar-refractivity contribution in [1.82, 2.24) is 19.9 Å². The second-order valence-electron chi connectivity index (χ2n) is 7.06. The van der Waals surface area contributed by atoms with Crippen molar-refractivity contribution >= 4 is 5.69 Å². The molecule has 1 fully saturated rings. The number of rotatable bonds is 5. The van der Waals surface area contributed by atoms with Gasteiger partial charge in [-0.05, 0) is 67.7 Å². The molecule has 2 aromatic carbocycles. The molecule has 2 heterocycles. The van der Waals surface area contributed by atoms with Gasteiger partial charge in [0.2, 0.25) is 0 Å². The predicted octanol–water partition coefficient (Wildman–Crippen LogP) is 3.83. The molecule has 5 nitrogen and oxygen atoms in total. The molecule has 1 N–H and O–H groups in total. The first-order valence-electron chi connectivity index (χ1n) is 9.38. The lowest BCUT2D eigenvalue weighted by Gasteiger charge is -2.31. The first-order valence-corrected chi connectivity index (χ1v) is 9.38. The van der Waals surface area contributed by atoms with Crippen LogP contribution in [-0.2, 0) is 6.54 Å². The van der Waals surface area contributed by atoms with Crippen LogP contribution < -0.4 is 5.32 Å². The molecule has 0 saturated carbocycles. The molecule has 0 unspecified atom stereocenters. The molecule has 0 radical (unpaired) electrons. The molecule has 3 aromatic rings. The van der Waals surface area contributed by atoms with Crippen molar-refractivity contribution in [2.24, 2.45) is 0 Å². The molecule has 6 heteroatoms. The Morgan fingerprint density at radius 1 is 1.11 bits per heavy atom. The summed E-state index contributed by atoms with van der Waals surface area (Å²) < 4.78 is 15.6. The average Bonchev–Trinajstić information content (AvgIpc) is 3.17. The lowest BCUT2D eigenvalue weighted by atomic mass is 9.89. The van der Waals surface area contributed by atoms with Crippen LogP contribution in [0.3, 0.4) is 0 Å². The maximum atomic E-state index is 13.8. The first kappa shape index (κ1) is 17.7. The van der Waals surface area contributed by atoms with E-state index >= 15 is 0 Å². The third kappa shape index (κ3) is 4.17. The number of aromatic nitrogens is 3. The zero-order chi connectivity index (χ0) is 18.6. The molecule has 0 bridgehead atoms. The van der Waals surface area contributed by atoms with Crippen molar-refractivity contribution in [3.05, 3.63) is 71.8 Å². The first-order chi connectivity index (χ1) is 13.2. The normalized spacial score (nSPS) is 15.8. The Hall–Kier alpha value is -2.73. The molecule has 1 aliphatic rings. The van der Waals surface area contributed by atoms with Crippen LogP contribution in [0.4, 0.5) is 10.1 Å². The van der Waals surface area contributed by atoms with E-state index in [-0.39, 0.29) is 5.82 Å². The maximum Gasteiger partial charge on any atom is 0.125 e. The van der Waals surface area contributed by atoms with Crippen LogP contribution in [0.15, 0.2) is 54.7 Å². The minimum Gasteiger partial charge on any atom is -0.388 e. The number of anilines is 1. The van der Waals surface area contributed by atoms with Crippen molar-refractivity contribution in [1.29, 1.82) is 0 Å². The summed E-state index contributed by atoms with van der Waals surface area (Å²) in [6.45, 7) is 2.76. The summed E-state index contributed by atoms with van der Waals surface area (Å²) in [5.74, 6) is 0.237. The van der Waals surface area contributed by atoms with E-state index in [0.717, 1.165) is 55.1 Å². The van der Waals surface area contributed by atoms with E-state index in [4.69, 9.17) is 0 Å². The summed E-state index contributed by atoms with van der Waals surface area (Å²) in [5, 5.41) is 11.6. The summed E-state index contributed by atoms with van der Waals surface area (Å²) in [7, 11) is 1.82. The average molecular weight is 365 g/mol. The summed E-state index contributed by atoms with van der Waals surface area (Å²) in [5.41, 5.74) is 3.92. The van der Waals surface area contributed by atoms with Crippen molar-refractivity contribution < 1.29 is 4.39 Å². The molecule has 0 spiro atoms. The second kappa shape index (κ2) is 7.88. The van der Waals surface area contributed by atoms with Crippen LogP contribution in [0.1, 0.15) is 30.0 Å². The van der Waals surface area contributed by atoms with Gasteiger partial charge >= 0.3 is 0 Å². The molecule has 27 heavy (non-hydrogen) atoms. The van der Waals surface area contributed by atoms with E-state index in [0.29, 0.717) is 5.92 Å². The highest BCUT2D eigenvalue weighted by Crippen LogP contribution is 2.30. The summed E-state index contributed by atoms with van der Waals surface area (Å²) in [6.07, 6.45) is 4.05. The Morgan fingerprint density at radius 3 is 2.63 bits per heavy atom. The number of hydrogen-bond acceptors (Lipinski definition) is 4. The highest BCUT2D eigenvalue weighted by atomic mass is 19.1. The van der Waals surface area contributed by atoms with Crippen LogP contribution in [0.2, 0.25) is 0 Å². The summed E-state index contributed by atoms with van der Waals surface area (Å²) in [4.78, 5) is 2.40. The Balaban J connectivity index is 1.36. The van der Waals surface area contributed by atoms with Gasteiger partial charge in [0.05, 0.1) is 17.6 Å². The highest BCUT2D eigenvalue weighted by molar-refractivity contribution is 5.46. The molecular weight excluding hydrogens is 341 g/mol. The van der Waals surface area contributed by atoms with Crippen LogP contribution in [-0.4, -0.2) is 40.0 Å². The van der Waals surface area contributed by atoms with Gasteiger partial charge in [-0.3, -0.25) is 4.90 Å². The van der Waals surface area contributed by atoms with E-state index in [1.54, 1.807) is 6.07 Å². The van der Waals surface area contributed by atoms with Crippen molar-refractivity contribution in [3.8, 4) is 5.69 Å². The topological polar surface area (TPSA) is 46.0 Å². The zero-order valence-electron chi connectivity index (χ0n) is 15.5. The maximum absolute atomic E-state index is 13.8. The van der Waals surface area contributed by atoms with Crippen molar-refractivity contribution in [2.45, 2.75) is 25.3 Å². The van der Waals surface area contributed by atoms with Gasteiger partial charge in [-0.1, -0.05) is 23.4 Å². The third-order valence-electron chi connectivity index (χ3n) is 5.21. The fraction of sp³-hybridized carbons (Fsp3) is 0.333. The molecule has 4 rings (SSSR count).